The van der Waals surface area contributed by atoms with Gasteiger partial charge < -0.3 is 0 Å². The molecule has 0 bridgehead atoms. The molecule has 5 heteroatoms. The van der Waals surface area contributed by atoms with Crippen LogP contribution in [0.5, 0.6) is 0 Å². The fraction of sp³-hybridized carbons (Fsp3) is 0. The average Bonchev–Trinajstić information content (AvgIpc) is 3.48. The molecule has 0 aliphatic heterocycles. The van der Waals surface area contributed by atoms with Gasteiger partial charge in [0.2, 0.25) is 0 Å². The van der Waals surface area contributed by atoms with Gasteiger partial charge in [-0.1, -0.05) is 249 Å². The van der Waals surface area contributed by atoms with Gasteiger partial charge in [0.1, 0.15) is 0 Å². The van der Waals surface area contributed by atoms with Gasteiger partial charge in [0.25, 0.3) is 0 Å². The fourth-order valence-corrected chi connectivity index (χ4v) is 9.15. The van der Waals surface area contributed by atoms with Crippen LogP contribution < -0.4 is 0 Å². The van der Waals surface area contributed by atoms with E-state index in [0.717, 1.165) is 94.8 Å². The van der Waals surface area contributed by atoms with Crippen LogP contribution in [0.15, 0.2) is 273 Å². The molecule has 0 radical (unpaired) electrons. The van der Waals surface area contributed by atoms with Gasteiger partial charge in [-0.3, -0.25) is 0 Å². The van der Waals surface area contributed by atoms with Crippen LogP contribution in [0.4, 0.5) is 0 Å². The molecule has 0 spiro atoms. The minimum absolute atomic E-state index is 0.601. The molecule has 0 aliphatic carbocycles. The number of rotatable bonds is 11. The van der Waals surface area contributed by atoms with E-state index in [1.165, 1.54) is 5.56 Å². The van der Waals surface area contributed by atoms with Crippen molar-refractivity contribution < 1.29 is 0 Å². The molecule has 12 aromatic rings. The van der Waals surface area contributed by atoms with Gasteiger partial charge in [-0.2, -0.15) is 0 Å². The summed E-state index contributed by atoms with van der Waals surface area (Å²) in [6.07, 6.45) is 0. The highest BCUT2D eigenvalue weighted by Crippen LogP contribution is 2.35. The van der Waals surface area contributed by atoms with E-state index in [2.05, 4.69) is 237 Å². The molecule has 0 N–H and O–H groups in total. The van der Waals surface area contributed by atoms with Gasteiger partial charge >= 0.3 is 0 Å². The predicted octanol–water partition coefficient (Wildman–Crippen LogP) is 17.0. The van der Waals surface area contributed by atoms with Gasteiger partial charge in [-0.25, -0.2) is 24.9 Å². The van der Waals surface area contributed by atoms with Gasteiger partial charge in [-0.05, 0) is 79.9 Å². The van der Waals surface area contributed by atoms with Crippen LogP contribution in [0.25, 0.3) is 124 Å². The van der Waals surface area contributed by atoms with Crippen LogP contribution in [0.2, 0.25) is 0 Å². The SMILES string of the molecule is c1ccc(-c2ccc(-c3cc(-c4ccccc4)nc(-c4cccc(-c5cccc(-c6cccc(-c7nc(-c8ccc(-c9ccccc9)cc8)nc(-c8ccc(-c9ccccc9)cc8)n7)c6)c5)c4)n3)cc2)cc1. The molecular formula is C67H45N5. The Morgan fingerprint density at radius 1 is 0.139 bits per heavy atom. The number of hydrogen-bond acceptors (Lipinski definition) is 5. The van der Waals surface area contributed by atoms with E-state index in [1.807, 2.05) is 36.4 Å². The summed E-state index contributed by atoms with van der Waals surface area (Å²) in [5.41, 5.74) is 18.7. The minimum Gasteiger partial charge on any atom is -0.228 e. The summed E-state index contributed by atoms with van der Waals surface area (Å²) in [6, 6.07) is 94.8. The maximum atomic E-state index is 5.20. The van der Waals surface area contributed by atoms with Gasteiger partial charge in [0.05, 0.1) is 11.4 Å². The molecule has 2 heterocycles. The van der Waals surface area contributed by atoms with Crippen LogP contribution in [0.3, 0.4) is 0 Å². The topological polar surface area (TPSA) is 64.5 Å². The summed E-state index contributed by atoms with van der Waals surface area (Å²) >= 11 is 0. The van der Waals surface area contributed by atoms with E-state index in [4.69, 9.17) is 24.9 Å². The summed E-state index contributed by atoms with van der Waals surface area (Å²) in [5.74, 6) is 2.49. The molecular weight excluding hydrogens is 875 g/mol. The molecule has 72 heavy (non-hydrogen) atoms. The first-order valence-corrected chi connectivity index (χ1v) is 24.1. The number of nitrogens with zero attached hydrogens (tertiary/aromatic N) is 5. The monoisotopic (exact) mass is 919 g/mol. The fourth-order valence-electron chi connectivity index (χ4n) is 9.15. The molecule has 0 aliphatic rings. The highest BCUT2D eigenvalue weighted by atomic mass is 15.0. The second-order valence-electron chi connectivity index (χ2n) is 17.7. The smallest absolute Gasteiger partial charge is 0.164 e. The lowest BCUT2D eigenvalue weighted by atomic mass is 9.96. The highest BCUT2D eigenvalue weighted by molar-refractivity contribution is 5.80. The largest absolute Gasteiger partial charge is 0.228 e. The Kier molecular flexibility index (Phi) is 11.9. The Balaban J connectivity index is 0.880. The molecule has 5 nitrogen and oxygen atoms in total. The third-order valence-electron chi connectivity index (χ3n) is 13.0. The van der Waals surface area contributed by atoms with E-state index in [9.17, 15) is 0 Å². The first-order valence-electron chi connectivity index (χ1n) is 24.1. The Labute approximate surface area is 419 Å². The van der Waals surface area contributed by atoms with Crippen LogP contribution in [0.1, 0.15) is 0 Å². The molecule has 338 valence electrons. The van der Waals surface area contributed by atoms with E-state index in [1.54, 1.807) is 0 Å². The molecule has 0 fully saturated rings. The lowest BCUT2D eigenvalue weighted by Crippen LogP contribution is -2.00. The molecule has 0 amide bonds. The Morgan fingerprint density at radius 3 is 0.722 bits per heavy atom. The molecule has 12 rings (SSSR count). The predicted molar refractivity (Wildman–Crippen MR) is 295 cm³/mol. The standard InChI is InChI=1S/C67H45N5/c1-5-16-46(17-6-1)49-30-36-53(37-31-49)63-45-62(52-22-11-4-12-23-52)68-66(69-63)60-28-14-26-58(43-60)56-24-13-25-57(42-56)59-27-15-29-61(44-59)67-71-64(54-38-32-50(33-39-54)47-18-7-2-8-19-47)70-65(72-67)55-40-34-51(35-41-55)48-20-9-3-10-21-48/h1-45H. The van der Waals surface area contributed by atoms with Crippen molar-refractivity contribution in [3.8, 4) is 124 Å². The Hall–Kier alpha value is -9.71. The summed E-state index contributed by atoms with van der Waals surface area (Å²) in [4.78, 5) is 25.7. The quantitative estimate of drug-likeness (QED) is 0.129. The Morgan fingerprint density at radius 2 is 0.361 bits per heavy atom. The lowest BCUT2D eigenvalue weighted by molar-refractivity contribution is 1.07. The normalized spacial score (nSPS) is 11.1. The molecule has 0 saturated heterocycles. The number of benzene rings is 10. The van der Waals surface area contributed by atoms with Crippen LogP contribution in [-0.4, -0.2) is 24.9 Å². The van der Waals surface area contributed by atoms with E-state index >= 15 is 0 Å². The average molecular weight is 920 g/mol. The van der Waals surface area contributed by atoms with Crippen LogP contribution >= 0.6 is 0 Å². The van der Waals surface area contributed by atoms with E-state index < -0.39 is 0 Å². The number of hydrogen-bond donors (Lipinski definition) is 0. The number of aromatic nitrogens is 5. The molecule has 0 saturated carbocycles. The third-order valence-corrected chi connectivity index (χ3v) is 13.0. The van der Waals surface area contributed by atoms with Crippen molar-refractivity contribution in [3.63, 3.8) is 0 Å². The zero-order valence-corrected chi connectivity index (χ0v) is 39.2. The zero-order chi connectivity index (χ0) is 48.1. The minimum atomic E-state index is 0.601. The zero-order valence-electron chi connectivity index (χ0n) is 39.2. The van der Waals surface area contributed by atoms with Crippen molar-refractivity contribution in [2.75, 3.05) is 0 Å². The summed E-state index contributed by atoms with van der Waals surface area (Å²) in [7, 11) is 0. The molecule has 0 unspecified atom stereocenters. The second-order valence-corrected chi connectivity index (χ2v) is 17.7. The maximum Gasteiger partial charge on any atom is 0.164 e. The van der Waals surface area contributed by atoms with E-state index in [-0.39, 0.29) is 0 Å². The maximum absolute atomic E-state index is 5.20. The second kappa shape index (κ2) is 19.7. The van der Waals surface area contributed by atoms with Crippen LogP contribution in [0, 0.1) is 0 Å². The summed E-state index contributed by atoms with van der Waals surface area (Å²) < 4.78 is 0. The molecule has 2 aromatic heterocycles. The lowest BCUT2D eigenvalue weighted by Gasteiger charge is -2.12. The van der Waals surface area contributed by atoms with Crippen molar-refractivity contribution in [1.82, 2.24) is 24.9 Å². The van der Waals surface area contributed by atoms with E-state index in [0.29, 0.717) is 23.3 Å². The van der Waals surface area contributed by atoms with Gasteiger partial charge in [0, 0.05) is 33.4 Å². The summed E-state index contributed by atoms with van der Waals surface area (Å²) in [5, 5.41) is 0. The first kappa shape index (κ1) is 43.6. The van der Waals surface area contributed by atoms with Crippen molar-refractivity contribution in [1.29, 1.82) is 0 Å². The van der Waals surface area contributed by atoms with Crippen molar-refractivity contribution in [2.45, 2.75) is 0 Å². The van der Waals surface area contributed by atoms with Crippen LogP contribution in [-0.2, 0) is 0 Å². The van der Waals surface area contributed by atoms with Gasteiger partial charge in [0.15, 0.2) is 23.3 Å². The molecule has 0 atom stereocenters. The van der Waals surface area contributed by atoms with Crippen molar-refractivity contribution >= 4 is 0 Å². The third kappa shape index (κ3) is 9.38. The molecule has 10 aromatic carbocycles. The summed E-state index contributed by atoms with van der Waals surface area (Å²) in [6.45, 7) is 0. The highest BCUT2D eigenvalue weighted by Gasteiger charge is 2.16. The van der Waals surface area contributed by atoms with Gasteiger partial charge in [-0.15, -0.1) is 0 Å². The van der Waals surface area contributed by atoms with Crippen molar-refractivity contribution in [2.24, 2.45) is 0 Å². The Bertz CT molecular complexity index is 3700. The first-order chi connectivity index (χ1) is 35.6. The van der Waals surface area contributed by atoms with Crippen molar-refractivity contribution in [3.05, 3.63) is 273 Å².